The maximum absolute atomic E-state index is 11.2. The zero-order chi connectivity index (χ0) is 11.6. The molecule has 7 heteroatoms. The molecule has 0 aliphatic carbocycles. The summed E-state index contributed by atoms with van der Waals surface area (Å²) in [5.41, 5.74) is -0.204. The Morgan fingerprint density at radius 1 is 1.47 bits per heavy atom. The number of halogens is 2. The first-order valence-corrected chi connectivity index (χ1v) is 6.51. The lowest BCUT2D eigenvalue weighted by molar-refractivity contribution is 0.467. The fourth-order valence-electron chi connectivity index (χ4n) is 1.11. The van der Waals surface area contributed by atoms with E-state index in [-0.39, 0.29) is 22.8 Å². The van der Waals surface area contributed by atoms with Gasteiger partial charge in [0.15, 0.2) is 0 Å². The monoisotopic (exact) mass is 265 g/mol. The number of phenolic OH excluding ortho intramolecular Hbond substituents is 1. The maximum Gasteiger partial charge on any atom is 0.263 e. The van der Waals surface area contributed by atoms with Crippen molar-refractivity contribution in [3.05, 3.63) is 23.3 Å². The van der Waals surface area contributed by atoms with Gasteiger partial charge in [-0.25, -0.2) is 8.42 Å². The Labute approximate surface area is 96.1 Å². The zero-order valence-electron chi connectivity index (χ0n) is 7.24. The lowest BCUT2D eigenvalue weighted by atomic mass is 10.1. The molecule has 0 aliphatic rings. The molecule has 0 atom stereocenters. The number of aromatic hydroxyl groups is 1. The molecule has 0 fully saturated rings. The summed E-state index contributed by atoms with van der Waals surface area (Å²) in [6.07, 6.45) is 0. The van der Waals surface area contributed by atoms with Crippen LogP contribution >= 0.6 is 22.3 Å². The molecule has 0 saturated heterocycles. The van der Waals surface area contributed by atoms with Crippen LogP contribution in [-0.2, 0) is 14.9 Å². The van der Waals surface area contributed by atoms with Crippen LogP contribution in [0.5, 0.6) is 5.75 Å². The second-order valence-electron chi connectivity index (χ2n) is 2.62. The number of rotatable bonds is 2. The van der Waals surface area contributed by atoms with Crippen molar-refractivity contribution in [2.75, 3.05) is 0 Å². The van der Waals surface area contributed by atoms with Gasteiger partial charge < -0.3 is 5.11 Å². The van der Waals surface area contributed by atoms with Gasteiger partial charge in [0.25, 0.3) is 9.05 Å². The van der Waals surface area contributed by atoms with Crippen molar-refractivity contribution in [3.63, 3.8) is 0 Å². The van der Waals surface area contributed by atoms with Gasteiger partial charge in [-0.1, -0.05) is 0 Å². The fraction of sp³-hybridized carbons (Fsp3) is 0.125. The molecule has 1 rings (SSSR count). The summed E-state index contributed by atoms with van der Waals surface area (Å²) in [6.45, 7) is 0. The van der Waals surface area contributed by atoms with E-state index in [1.54, 1.807) is 6.07 Å². The van der Waals surface area contributed by atoms with Crippen molar-refractivity contribution in [2.24, 2.45) is 0 Å². The highest BCUT2D eigenvalue weighted by Gasteiger charge is 2.22. The largest absolute Gasteiger partial charge is 0.508 e. The topological polar surface area (TPSA) is 78.2 Å². The first-order valence-electron chi connectivity index (χ1n) is 3.67. The Bertz CT molecular complexity index is 534. The number of alkyl halides is 1. The van der Waals surface area contributed by atoms with Gasteiger partial charge in [0.1, 0.15) is 16.7 Å². The third kappa shape index (κ3) is 2.34. The van der Waals surface area contributed by atoms with Crippen LogP contribution in [0.15, 0.2) is 17.0 Å². The smallest absolute Gasteiger partial charge is 0.263 e. The van der Waals surface area contributed by atoms with E-state index >= 15 is 0 Å². The summed E-state index contributed by atoms with van der Waals surface area (Å²) < 4.78 is 22.4. The number of phenols is 1. The SMILES string of the molecule is N#Cc1ccc(O)c(CCl)c1S(=O)(=O)Cl. The summed E-state index contributed by atoms with van der Waals surface area (Å²) in [4.78, 5) is -0.429. The molecule has 0 aromatic heterocycles. The van der Waals surface area contributed by atoms with Crippen molar-refractivity contribution in [1.82, 2.24) is 0 Å². The second kappa shape index (κ2) is 4.27. The molecule has 1 aromatic carbocycles. The predicted octanol–water partition coefficient (Wildman–Crippen LogP) is 1.93. The van der Waals surface area contributed by atoms with E-state index in [2.05, 4.69) is 0 Å². The molecule has 0 heterocycles. The van der Waals surface area contributed by atoms with Crippen LogP contribution in [0, 0.1) is 11.3 Å². The van der Waals surface area contributed by atoms with Crippen LogP contribution in [0.4, 0.5) is 0 Å². The first-order chi connectivity index (χ1) is 6.91. The lowest BCUT2D eigenvalue weighted by Crippen LogP contribution is -2.00. The molecule has 0 spiro atoms. The first kappa shape index (κ1) is 12.1. The Balaban J connectivity index is 3.73. The van der Waals surface area contributed by atoms with Crippen LogP contribution in [0.2, 0.25) is 0 Å². The minimum Gasteiger partial charge on any atom is -0.508 e. The molecule has 0 saturated carbocycles. The highest BCUT2D eigenvalue weighted by Crippen LogP contribution is 2.31. The van der Waals surface area contributed by atoms with E-state index in [4.69, 9.17) is 27.5 Å². The Hall–Kier alpha value is -0.960. The summed E-state index contributed by atoms with van der Waals surface area (Å²) in [6, 6.07) is 4.03. The van der Waals surface area contributed by atoms with Gasteiger partial charge in [-0.2, -0.15) is 5.26 Å². The number of benzene rings is 1. The van der Waals surface area contributed by atoms with Gasteiger partial charge in [-0.05, 0) is 12.1 Å². The Morgan fingerprint density at radius 3 is 2.47 bits per heavy atom. The summed E-state index contributed by atoms with van der Waals surface area (Å²) >= 11 is 5.48. The van der Waals surface area contributed by atoms with Crippen LogP contribution in [0.25, 0.3) is 0 Å². The highest BCUT2D eigenvalue weighted by atomic mass is 35.7. The third-order valence-electron chi connectivity index (χ3n) is 1.73. The highest BCUT2D eigenvalue weighted by molar-refractivity contribution is 8.13. The molecule has 80 valence electrons. The van der Waals surface area contributed by atoms with E-state index in [1.165, 1.54) is 12.1 Å². The summed E-state index contributed by atoms with van der Waals surface area (Å²) in [7, 11) is 1.04. The van der Waals surface area contributed by atoms with Crippen LogP contribution in [0.1, 0.15) is 11.1 Å². The van der Waals surface area contributed by atoms with Gasteiger partial charge in [0.05, 0.1) is 11.4 Å². The normalized spacial score (nSPS) is 11.0. The van der Waals surface area contributed by atoms with Crippen LogP contribution < -0.4 is 0 Å². The van der Waals surface area contributed by atoms with E-state index in [1.807, 2.05) is 0 Å². The minimum absolute atomic E-state index is 0.0642. The standard InChI is InChI=1S/C8H5Cl2NO3S/c9-3-6-7(12)2-1-5(4-11)8(6)15(10,13)14/h1-2,12H,3H2. The third-order valence-corrected chi connectivity index (χ3v) is 3.42. The van der Waals surface area contributed by atoms with E-state index in [9.17, 15) is 13.5 Å². The predicted molar refractivity (Wildman–Crippen MR) is 55.4 cm³/mol. The fourth-order valence-corrected chi connectivity index (χ4v) is 2.84. The Morgan fingerprint density at radius 2 is 2.07 bits per heavy atom. The quantitative estimate of drug-likeness (QED) is 0.655. The van der Waals surface area contributed by atoms with Crippen molar-refractivity contribution in [2.45, 2.75) is 10.8 Å². The summed E-state index contributed by atoms with van der Waals surface area (Å²) in [5, 5.41) is 18.1. The average molecular weight is 266 g/mol. The van der Waals surface area contributed by atoms with Crippen molar-refractivity contribution in [1.29, 1.82) is 5.26 Å². The lowest BCUT2D eigenvalue weighted by Gasteiger charge is -2.07. The van der Waals surface area contributed by atoms with Gasteiger partial charge in [-0.3, -0.25) is 0 Å². The van der Waals surface area contributed by atoms with Crippen LogP contribution in [-0.4, -0.2) is 13.5 Å². The molecular weight excluding hydrogens is 261 g/mol. The molecule has 0 amide bonds. The molecule has 0 aliphatic heterocycles. The average Bonchev–Trinajstić information content (AvgIpc) is 2.15. The van der Waals surface area contributed by atoms with E-state index in [0.717, 1.165) is 0 Å². The van der Waals surface area contributed by atoms with Gasteiger partial charge in [0.2, 0.25) is 0 Å². The number of hydrogen-bond acceptors (Lipinski definition) is 4. The number of nitriles is 1. The maximum atomic E-state index is 11.2. The molecule has 0 radical (unpaired) electrons. The molecular formula is C8H5Cl2NO3S. The molecule has 15 heavy (non-hydrogen) atoms. The molecule has 1 N–H and O–H groups in total. The van der Waals surface area contributed by atoms with Gasteiger partial charge in [0, 0.05) is 16.2 Å². The molecule has 0 bridgehead atoms. The van der Waals surface area contributed by atoms with Crippen molar-refractivity contribution >= 4 is 31.3 Å². The van der Waals surface area contributed by atoms with Crippen LogP contribution in [0.3, 0.4) is 0 Å². The molecule has 4 nitrogen and oxygen atoms in total. The summed E-state index contributed by atoms with van der Waals surface area (Å²) in [5.74, 6) is -0.550. The van der Waals surface area contributed by atoms with Gasteiger partial charge >= 0.3 is 0 Å². The minimum atomic E-state index is -4.11. The second-order valence-corrected chi connectivity index (χ2v) is 5.39. The molecule has 1 aromatic rings. The Kier molecular flexibility index (Phi) is 3.45. The van der Waals surface area contributed by atoms with E-state index < -0.39 is 13.9 Å². The molecule has 0 unspecified atom stereocenters. The number of hydrogen-bond donors (Lipinski definition) is 1. The zero-order valence-corrected chi connectivity index (χ0v) is 9.57. The van der Waals surface area contributed by atoms with Crippen molar-refractivity contribution in [3.8, 4) is 11.8 Å². The number of nitrogens with zero attached hydrogens (tertiary/aromatic N) is 1. The van der Waals surface area contributed by atoms with Crippen molar-refractivity contribution < 1.29 is 13.5 Å². The van der Waals surface area contributed by atoms with E-state index in [0.29, 0.717) is 0 Å². The van der Waals surface area contributed by atoms with Gasteiger partial charge in [-0.15, -0.1) is 11.6 Å².